The van der Waals surface area contributed by atoms with Crippen LogP contribution in [-0.4, -0.2) is 35.8 Å². The van der Waals surface area contributed by atoms with E-state index in [4.69, 9.17) is 0 Å². The Balaban J connectivity index is 2.66. The summed E-state index contributed by atoms with van der Waals surface area (Å²) in [6.45, 7) is 8.92. The van der Waals surface area contributed by atoms with Gasteiger partial charge < -0.3 is 10.2 Å². The van der Waals surface area contributed by atoms with Crippen molar-refractivity contribution in [2.75, 3.05) is 13.1 Å². The van der Waals surface area contributed by atoms with Gasteiger partial charge in [0.15, 0.2) is 0 Å². The molecule has 2 amide bonds. The number of nitrogens with zero attached hydrogens (tertiary/aromatic N) is 1. The lowest BCUT2D eigenvalue weighted by atomic mass is 9.85. The van der Waals surface area contributed by atoms with Gasteiger partial charge in [-0.05, 0) is 18.3 Å². The van der Waals surface area contributed by atoms with Gasteiger partial charge in [0.05, 0.1) is 0 Å². The molecule has 2 unspecified atom stereocenters. The van der Waals surface area contributed by atoms with Crippen molar-refractivity contribution in [3.63, 3.8) is 0 Å². The molecule has 1 fully saturated rings. The summed E-state index contributed by atoms with van der Waals surface area (Å²) >= 11 is 0. The summed E-state index contributed by atoms with van der Waals surface area (Å²) in [4.78, 5) is 24.3. The van der Waals surface area contributed by atoms with E-state index in [0.717, 1.165) is 13.0 Å². The van der Waals surface area contributed by atoms with Crippen LogP contribution in [0.25, 0.3) is 0 Å². The molecule has 0 spiro atoms. The van der Waals surface area contributed by atoms with Crippen LogP contribution in [0.15, 0.2) is 0 Å². The predicted octanol–water partition coefficient (Wildman–Crippen LogP) is 1.02. The van der Waals surface area contributed by atoms with Crippen molar-refractivity contribution in [1.82, 2.24) is 10.2 Å². The molecule has 1 rings (SSSR count). The zero-order valence-electron chi connectivity index (χ0n) is 10.6. The fourth-order valence-corrected chi connectivity index (χ4v) is 2.27. The molecule has 2 atom stereocenters. The molecule has 1 N–H and O–H groups in total. The Labute approximate surface area is 97.4 Å². The van der Waals surface area contributed by atoms with Crippen molar-refractivity contribution in [2.24, 2.45) is 11.8 Å². The van der Waals surface area contributed by atoms with E-state index in [1.807, 2.05) is 4.90 Å². The zero-order chi connectivity index (χ0) is 12.3. The van der Waals surface area contributed by atoms with Crippen molar-refractivity contribution >= 4 is 11.8 Å². The van der Waals surface area contributed by atoms with Gasteiger partial charge in [-0.2, -0.15) is 0 Å². The van der Waals surface area contributed by atoms with E-state index in [-0.39, 0.29) is 17.9 Å². The maximum Gasteiger partial charge on any atom is 0.219 e. The quantitative estimate of drug-likeness (QED) is 0.764. The van der Waals surface area contributed by atoms with Crippen molar-refractivity contribution < 1.29 is 9.59 Å². The molecular weight excluding hydrogens is 204 g/mol. The third-order valence-corrected chi connectivity index (χ3v) is 3.28. The van der Waals surface area contributed by atoms with Crippen LogP contribution in [0.5, 0.6) is 0 Å². The van der Waals surface area contributed by atoms with Gasteiger partial charge in [-0.15, -0.1) is 0 Å². The molecule has 4 nitrogen and oxygen atoms in total. The first-order chi connectivity index (χ1) is 7.40. The number of carbonyl (C=O) groups is 2. The van der Waals surface area contributed by atoms with Gasteiger partial charge >= 0.3 is 0 Å². The molecule has 1 heterocycles. The van der Waals surface area contributed by atoms with Crippen LogP contribution in [0.4, 0.5) is 0 Å². The summed E-state index contributed by atoms with van der Waals surface area (Å²) in [6.07, 6.45) is 0.973. The molecule has 16 heavy (non-hydrogen) atoms. The highest BCUT2D eigenvalue weighted by molar-refractivity contribution is 5.75. The van der Waals surface area contributed by atoms with Crippen LogP contribution in [-0.2, 0) is 9.59 Å². The zero-order valence-corrected chi connectivity index (χ0v) is 10.6. The van der Waals surface area contributed by atoms with E-state index in [0.29, 0.717) is 18.4 Å². The number of hydrogen-bond acceptors (Lipinski definition) is 2. The standard InChI is InChI=1S/C12H22N2O2/c1-8(2)11-5-12(13-9(3)15)7-14(6-11)10(4)16/h8,11-12H,5-7H2,1-4H3,(H,13,15). The smallest absolute Gasteiger partial charge is 0.219 e. The van der Waals surface area contributed by atoms with Crippen LogP contribution < -0.4 is 5.32 Å². The van der Waals surface area contributed by atoms with Gasteiger partial charge in [0.1, 0.15) is 0 Å². The van der Waals surface area contributed by atoms with Gasteiger partial charge in [0.25, 0.3) is 0 Å². The summed E-state index contributed by atoms with van der Waals surface area (Å²) < 4.78 is 0. The molecule has 0 aliphatic carbocycles. The van der Waals surface area contributed by atoms with Gasteiger partial charge in [0, 0.05) is 33.0 Å². The van der Waals surface area contributed by atoms with E-state index in [2.05, 4.69) is 19.2 Å². The third-order valence-electron chi connectivity index (χ3n) is 3.28. The minimum absolute atomic E-state index is 0.0158. The van der Waals surface area contributed by atoms with Crippen molar-refractivity contribution in [3.8, 4) is 0 Å². The minimum atomic E-state index is -0.0158. The number of rotatable bonds is 2. The molecule has 0 radical (unpaired) electrons. The third kappa shape index (κ3) is 3.51. The second-order valence-corrected chi connectivity index (χ2v) is 5.06. The average molecular weight is 226 g/mol. The number of likely N-dealkylation sites (tertiary alicyclic amines) is 1. The summed E-state index contributed by atoms with van der Waals surface area (Å²) in [7, 11) is 0. The highest BCUT2D eigenvalue weighted by Gasteiger charge is 2.30. The molecule has 1 aliphatic heterocycles. The number of carbonyl (C=O) groups excluding carboxylic acids is 2. The van der Waals surface area contributed by atoms with Crippen molar-refractivity contribution in [1.29, 1.82) is 0 Å². The average Bonchev–Trinajstić information content (AvgIpc) is 2.15. The fourth-order valence-electron chi connectivity index (χ4n) is 2.27. The van der Waals surface area contributed by atoms with Crippen LogP contribution in [0.1, 0.15) is 34.1 Å². The molecular formula is C12H22N2O2. The molecule has 92 valence electrons. The second-order valence-electron chi connectivity index (χ2n) is 5.06. The molecule has 0 bridgehead atoms. The summed E-state index contributed by atoms with van der Waals surface area (Å²) in [5.74, 6) is 1.10. The second kappa shape index (κ2) is 5.32. The van der Waals surface area contributed by atoms with E-state index in [9.17, 15) is 9.59 Å². The number of piperidine rings is 1. The summed E-state index contributed by atoms with van der Waals surface area (Å²) in [5, 5.41) is 2.92. The first-order valence-corrected chi connectivity index (χ1v) is 5.92. The van der Waals surface area contributed by atoms with Gasteiger partial charge in [0.2, 0.25) is 11.8 Å². The molecule has 4 heteroatoms. The number of amides is 2. The summed E-state index contributed by atoms with van der Waals surface area (Å²) in [6, 6.07) is 0.113. The number of nitrogens with one attached hydrogen (secondary N) is 1. The van der Waals surface area contributed by atoms with Gasteiger partial charge in [-0.25, -0.2) is 0 Å². The van der Waals surface area contributed by atoms with E-state index >= 15 is 0 Å². The van der Waals surface area contributed by atoms with Crippen LogP contribution in [0.2, 0.25) is 0 Å². The Morgan fingerprint density at radius 1 is 1.25 bits per heavy atom. The minimum Gasteiger partial charge on any atom is -0.352 e. The molecule has 1 aliphatic rings. The van der Waals surface area contributed by atoms with E-state index in [1.165, 1.54) is 6.92 Å². The molecule has 0 saturated carbocycles. The SMILES string of the molecule is CC(=O)NC1CC(C(C)C)CN(C(C)=O)C1. The Hall–Kier alpha value is -1.06. The molecule has 0 aromatic rings. The van der Waals surface area contributed by atoms with Crippen molar-refractivity contribution in [2.45, 2.75) is 40.2 Å². The largest absolute Gasteiger partial charge is 0.352 e. The molecule has 1 saturated heterocycles. The predicted molar refractivity (Wildman–Crippen MR) is 62.8 cm³/mol. The fraction of sp³-hybridized carbons (Fsp3) is 0.833. The van der Waals surface area contributed by atoms with E-state index < -0.39 is 0 Å². The Morgan fingerprint density at radius 2 is 1.88 bits per heavy atom. The highest BCUT2D eigenvalue weighted by Crippen LogP contribution is 2.23. The lowest BCUT2D eigenvalue weighted by Crippen LogP contribution is -2.52. The Kier molecular flexibility index (Phi) is 4.33. The van der Waals surface area contributed by atoms with Crippen molar-refractivity contribution in [3.05, 3.63) is 0 Å². The first kappa shape index (κ1) is 13.0. The van der Waals surface area contributed by atoms with Crippen LogP contribution in [0.3, 0.4) is 0 Å². The van der Waals surface area contributed by atoms with Gasteiger partial charge in [-0.1, -0.05) is 13.8 Å². The maximum absolute atomic E-state index is 11.4. The first-order valence-electron chi connectivity index (χ1n) is 5.92. The topological polar surface area (TPSA) is 49.4 Å². The Bertz CT molecular complexity index is 276. The summed E-state index contributed by atoms with van der Waals surface area (Å²) in [5.41, 5.74) is 0. The molecule has 0 aromatic carbocycles. The lowest BCUT2D eigenvalue weighted by Gasteiger charge is -2.39. The number of hydrogen-bond donors (Lipinski definition) is 1. The monoisotopic (exact) mass is 226 g/mol. The van der Waals surface area contributed by atoms with Crippen LogP contribution >= 0.6 is 0 Å². The molecule has 0 aromatic heterocycles. The normalized spacial score (nSPS) is 25.7. The van der Waals surface area contributed by atoms with E-state index in [1.54, 1.807) is 6.92 Å². The maximum atomic E-state index is 11.4. The highest BCUT2D eigenvalue weighted by atomic mass is 16.2. The van der Waals surface area contributed by atoms with Crippen LogP contribution in [0, 0.1) is 11.8 Å². The Morgan fingerprint density at radius 3 is 2.31 bits per heavy atom. The lowest BCUT2D eigenvalue weighted by molar-refractivity contribution is -0.132. The van der Waals surface area contributed by atoms with Gasteiger partial charge in [-0.3, -0.25) is 9.59 Å².